The van der Waals surface area contributed by atoms with Crippen molar-refractivity contribution in [1.82, 2.24) is 5.32 Å². The van der Waals surface area contributed by atoms with Gasteiger partial charge in [0.05, 0.1) is 16.7 Å². The van der Waals surface area contributed by atoms with Crippen LogP contribution in [0.3, 0.4) is 0 Å². The third-order valence-electron chi connectivity index (χ3n) is 3.84. The van der Waals surface area contributed by atoms with Crippen LogP contribution in [-0.2, 0) is 12.4 Å². The summed E-state index contributed by atoms with van der Waals surface area (Å²) < 4.78 is 77.0. The number of nitrogens with one attached hydrogen (secondary N) is 1. The molecule has 0 spiro atoms. The van der Waals surface area contributed by atoms with Crippen LogP contribution in [0.5, 0.6) is 0 Å². The van der Waals surface area contributed by atoms with Crippen LogP contribution in [0.1, 0.15) is 53.6 Å². The highest BCUT2D eigenvalue weighted by molar-refractivity contribution is 5.96. The van der Waals surface area contributed by atoms with E-state index in [9.17, 15) is 31.1 Å². The number of hydrogen-bond acceptors (Lipinski definition) is 1. The number of benzene rings is 1. The third kappa shape index (κ3) is 4.39. The van der Waals surface area contributed by atoms with Crippen molar-refractivity contribution in [1.29, 1.82) is 0 Å². The van der Waals surface area contributed by atoms with E-state index in [0.29, 0.717) is 25.0 Å². The second-order valence-corrected chi connectivity index (χ2v) is 5.56. The fraction of sp³-hybridized carbons (Fsp3) is 0.533. The Morgan fingerprint density at radius 1 is 0.957 bits per heavy atom. The molecule has 1 aliphatic rings. The SMILES string of the molecule is O=C(NC1CCCCC1)c1cc(C(F)(F)F)ccc1C(F)(F)F. The van der Waals surface area contributed by atoms with E-state index >= 15 is 0 Å². The summed E-state index contributed by atoms with van der Waals surface area (Å²) in [6.45, 7) is 0. The lowest BCUT2D eigenvalue weighted by atomic mass is 9.94. The topological polar surface area (TPSA) is 29.1 Å². The Bertz CT molecular complexity index is 572. The van der Waals surface area contributed by atoms with Gasteiger partial charge in [-0.3, -0.25) is 4.79 Å². The van der Waals surface area contributed by atoms with E-state index < -0.39 is 35.0 Å². The average Bonchev–Trinajstić information content (AvgIpc) is 2.45. The molecule has 1 aliphatic carbocycles. The second kappa shape index (κ2) is 6.41. The lowest BCUT2D eigenvalue weighted by molar-refractivity contribution is -0.141. The molecule has 1 saturated carbocycles. The molecule has 0 saturated heterocycles. The molecule has 0 bridgehead atoms. The van der Waals surface area contributed by atoms with E-state index in [1.165, 1.54) is 0 Å². The maximum Gasteiger partial charge on any atom is 0.417 e. The highest BCUT2D eigenvalue weighted by Gasteiger charge is 2.38. The van der Waals surface area contributed by atoms with Crippen LogP contribution in [-0.4, -0.2) is 11.9 Å². The monoisotopic (exact) mass is 339 g/mol. The van der Waals surface area contributed by atoms with E-state index in [1.807, 2.05) is 0 Å². The summed E-state index contributed by atoms with van der Waals surface area (Å²) in [5, 5.41) is 2.42. The van der Waals surface area contributed by atoms with Crippen LogP contribution in [0, 0.1) is 0 Å². The molecule has 128 valence electrons. The zero-order valence-electron chi connectivity index (χ0n) is 12.0. The number of carbonyl (C=O) groups is 1. The summed E-state index contributed by atoms with van der Waals surface area (Å²) in [6.07, 6.45) is -5.84. The number of halogens is 6. The van der Waals surface area contributed by atoms with Crippen LogP contribution in [0.4, 0.5) is 26.3 Å². The van der Waals surface area contributed by atoms with Gasteiger partial charge in [-0.1, -0.05) is 19.3 Å². The van der Waals surface area contributed by atoms with Crippen molar-refractivity contribution in [2.24, 2.45) is 0 Å². The zero-order valence-corrected chi connectivity index (χ0v) is 12.0. The first kappa shape index (κ1) is 17.6. The summed E-state index contributed by atoms with van der Waals surface area (Å²) in [5.74, 6) is -1.12. The normalized spacial score (nSPS) is 17.1. The van der Waals surface area contributed by atoms with Gasteiger partial charge in [0.25, 0.3) is 5.91 Å². The minimum absolute atomic E-state index is 0.265. The minimum atomic E-state index is -4.90. The van der Waals surface area contributed by atoms with E-state index in [-0.39, 0.29) is 12.1 Å². The average molecular weight is 339 g/mol. The number of carbonyl (C=O) groups excluding carboxylic acids is 1. The molecule has 1 aromatic rings. The quantitative estimate of drug-likeness (QED) is 0.772. The summed E-state index contributed by atoms with van der Waals surface area (Å²) in [4.78, 5) is 12.1. The number of hydrogen-bond donors (Lipinski definition) is 1. The molecule has 0 aromatic heterocycles. The molecule has 1 aromatic carbocycles. The van der Waals surface area contributed by atoms with Crippen molar-refractivity contribution in [3.63, 3.8) is 0 Å². The second-order valence-electron chi connectivity index (χ2n) is 5.56. The molecule has 1 fully saturated rings. The minimum Gasteiger partial charge on any atom is -0.349 e. The van der Waals surface area contributed by atoms with Gasteiger partial charge in [-0.25, -0.2) is 0 Å². The first-order chi connectivity index (χ1) is 10.6. The van der Waals surface area contributed by atoms with Gasteiger partial charge in [-0.15, -0.1) is 0 Å². The van der Waals surface area contributed by atoms with E-state index in [1.54, 1.807) is 0 Å². The fourth-order valence-electron chi connectivity index (χ4n) is 2.67. The summed E-state index contributed by atoms with van der Waals surface area (Å²) >= 11 is 0. The highest BCUT2D eigenvalue weighted by atomic mass is 19.4. The Hall–Kier alpha value is -1.73. The fourth-order valence-corrected chi connectivity index (χ4v) is 2.67. The van der Waals surface area contributed by atoms with Gasteiger partial charge in [0.15, 0.2) is 0 Å². The summed E-state index contributed by atoms with van der Waals surface area (Å²) in [7, 11) is 0. The van der Waals surface area contributed by atoms with Gasteiger partial charge >= 0.3 is 12.4 Å². The van der Waals surface area contributed by atoms with Crippen LogP contribution in [0.25, 0.3) is 0 Å². The lowest BCUT2D eigenvalue weighted by Gasteiger charge is -2.24. The summed E-state index contributed by atoms with van der Waals surface area (Å²) in [5.41, 5.74) is -3.63. The van der Waals surface area contributed by atoms with Crippen molar-refractivity contribution in [2.45, 2.75) is 50.5 Å². The molecular weight excluding hydrogens is 324 g/mol. The van der Waals surface area contributed by atoms with Crippen LogP contribution in [0.2, 0.25) is 0 Å². The van der Waals surface area contributed by atoms with Crippen molar-refractivity contribution in [3.8, 4) is 0 Å². The maximum absolute atomic E-state index is 13.0. The molecule has 0 radical (unpaired) electrons. The van der Waals surface area contributed by atoms with Crippen molar-refractivity contribution < 1.29 is 31.1 Å². The zero-order chi connectivity index (χ0) is 17.3. The molecule has 1 amide bonds. The largest absolute Gasteiger partial charge is 0.417 e. The molecule has 0 aliphatic heterocycles. The van der Waals surface area contributed by atoms with Gasteiger partial charge in [0.1, 0.15) is 0 Å². The molecule has 0 atom stereocenters. The van der Waals surface area contributed by atoms with E-state index in [2.05, 4.69) is 5.32 Å². The number of alkyl halides is 6. The predicted octanol–water partition coefficient (Wildman–Crippen LogP) is 4.79. The molecule has 2 nitrogen and oxygen atoms in total. The van der Waals surface area contributed by atoms with Crippen molar-refractivity contribution in [3.05, 3.63) is 34.9 Å². The van der Waals surface area contributed by atoms with Gasteiger partial charge < -0.3 is 5.32 Å². The van der Waals surface area contributed by atoms with E-state index in [4.69, 9.17) is 0 Å². The van der Waals surface area contributed by atoms with Gasteiger partial charge in [-0.2, -0.15) is 26.3 Å². The number of amides is 1. The molecule has 0 heterocycles. The van der Waals surface area contributed by atoms with Gasteiger partial charge in [0.2, 0.25) is 0 Å². The first-order valence-electron chi connectivity index (χ1n) is 7.18. The molecular formula is C15H15F6NO. The van der Waals surface area contributed by atoms with Crippen molar-refractivity contribution in [2.75, 3.05) is 0 Å². The van der Waals surface area contributed by atoms with Crippen LogP contribution >= 0.6 is 0 Å². The van der Waals surface area contributed by atoms with Gasteiger partial charge in [-0.05, 0) is 31.0 Å². The molecule has 8 heteroatoms. The summed E-state index contributed by atoms with van der Waals surface area (Å²) in [6, 6.07) is 0.603. The lowest BCUT2D eigenvalue weighted by Crippen LogP contribution is -2.37. The molecule has 2 rings (SSSR count). The van der Waals surface area contributed by atoms with Crippen LogP contribution < -0.4 is 5.32 Å². The Labute approximate surface area is 128 Å². The predicted molar refractivity (Wildman–Crippen MR) is 70.8 cm³/mol. The van der Waals surface area contributed by atoms with E-state index in [0.717, 1.165) is 19.3 Å². The van der Waals surface area contributed by atoms with Crippen molar-refractivity contribution >= 4 is 5.91 Å². The molecule has 23 heavy (non-hydrogen) atoms. The molecule has 1 N–H and O–H groups in total. The third-order valence-corrected chi connectivity index (χ3v) is 3.84. The smallest absolute Gasteiger partial charge is 0.349 e. The Kier molecular flexibility index (Phi) is 4.91. The first-order valence-corrected chi connectivity index (χ1v) is 7.18. The van der Waals surface area contributed by atoms with Gasteiger partial charge in [0, 0.05) is 6.04 Å². The Balaban J connectivity index is 2.34. The van der Waals surface area contributed by atoms with Crippen LogP contribution in [0.15, 0.2) is 18.2 Å². The number of rotatable bonds is 2. The molecule has 0 unspecified atom stereocenters. The Morgan fingerprint density at radius 3 is 2.09 bits per heavy atom. The highest BCUT2D eigenvalue weighted by Crippen LogP contribution is 2.36. The standard InChI is InChI=1S/C15H15F6NO/c16-14(17,18)9-6-7-12(15(19,20)21)11(8-9)13(23)22-10-4-2-1-3-5-10/h6-8,10H,1-5H2,(H,22,23). The Morgan fingerprint density at radius 2 is 1.57 bits per heavy atom. The maximum atomic E-state index is 13.0.